The monoisotopic (exact) mass is 185 g/mol. The van der Waals surface area contributed by atoms with Crippen LogP contribution >= 0.6 is 0 Å². The quantitative estimate of drug-likeness (QED) is 0.567. The lowest BCUT2D eigenvalue weighted by Crippen LogP contribution is -2.62. The average molecular weight is 185 g/mol. The highest BCUT2D eigenvalue weighted by Crippen LogP contribution is 2.21. The van der Waals surface area contributed by atoms with Crippen molar-refractivity contribution in [3.63, 3.8) is 0 Å². The third kappa shape index (κ3) is 2.42. The second-order valence-electron chi connectivity index (χ2n) is 4.19. The fraction of sp³-hybridized carbons (Fsp3) is 1.00. The van der Waals surface area contributed by atoms with Gasteiger partial charge in [-0.15, -0.1) is 0 Å². The molecule has 0 aromatic heterocycles. The van der Waals surface area contributed by atoms with Gasteiger partial charge >= 0.3 is 0 Å². The molecule has 78 valence electrons. The first-order valence-corrected chi connectivity index (χ1v) is 4.95. The van der Waals surface area contributed by atoms with E-state index < -0.39 is 0 Å². The van der Waals surface area contributed by atoms with Crippen LogP contribution in [0.5, 0.6) is 0 Å². The number of piperazine rings is 1. The minimum Gasteiger partial charge on any atom is -0.317 e. The van der Waals surface area contributed by atoms with E-state index >= 15 is 0 Å². The van der Waals surface area contributed by atoms with Gasteiger partial charge in [-0.3, -0.25) is 0 Å². The fourth-order valence-corrected chi connectivity index (χ4v) is 2.40. The Morgan fingerprint density at radius 1 is 1.15 bits per heavy atom. The molecule has 0 amide bonds. The van der Waals surface area contributed by atoms with Gasteiger partial charge in [0.25, 0.3) is 0 Å². The first-order chi connectivity index (χ1) is 5.81. The minimum absolute atomic E-state index is 0. The van der Waals surface area contributed by atoms with Crippen molar-refractivity contribution in [1.82, 2.24) is 15.5 Å². The molecule has 2 aliphatic heterocycles. The number of nitrogens with zero attached hydrogens (tertiary/aromatic N) is 1. The molecule has 3 nitrogen and oxygen atoms in total. The average Bonchev–Trinajstić information content (AvgIpc) is 2.05. The molecule has 2 fully saturated rings. The van der Waals surface area contributed by atoms with Crippen LogP contribution in [0, 0.1) is 0 Å². The van der Waals surface area contributed by atoms with Crippen molar-refractivity contribution >= 4 is 0 Å². The van der Waals surface area contributed by atoms with E-state index in [-0.39, 0.29) is 7.43 Å². The van der Waals surface area contributed by atoms with E-state index in [1.807, 2.05) is 0 Å². The van der Waals surface area contributed by atoms with Crippen LogP contribution in [0.1, 0.15) is 20.3 Å². The molecular weight excluding hydrogens is 162 g/mol. The maximum atomic E-state index is 3.68. The first-order valence-electron chi connectivity index (χ1n) is 4.95. The summed E-state index contributed by atoms with van der Waals surface area (Å²) in [6, 6.07) is 0. The van der Waals surface area contributed by atoms with Crippen molar-refractivity contribution < 1.29 is 0 Å². The summed E-state index contributed by atoms with van der Waals surface area (Å²) in [6.07, 6.45) is 2.58. The lowest BCUT2D eigenvalue weighted by molar-refractivity contribution is 0.125. The summed E-state index contributed by atoms with van der Waals surface area (Å²) in [7, 11) is 2.23. The molecule has 1 spiro atoms. The van der Waals surface area contributed by atoms with Crippen LogP contribution in [0.2, 0.25) is 0 Å². The Morgan fingerprint density at radius 3 is 2.46 bits per heavy atom. The molecule has 2 heterocycles. The molecule has 0 unspecified atom stereocenters. The lowest BCUT2D eigenvalue weighted by Gasteiger charge is -2.45. The Balaban J connectivity index is 0.000000845. The van der Waals surface area contributed by atoms with Crippen molar-refractivity contribution in [1.29, 1.82) is 0 Å². The predicted molar refractivity (Wildman–Crippen MR) is 57.1 cm³/mol. The van der Waals surface area contributed by atoms with E-state index in [1.165, 1.54) is 39.0 Å². The smallest absolute Gasteiger partial charge is 0.0333 e. The molecule has 0 atom stereocenters. The molecule has 2 aliphatic rings. The number of hydrogen-bond donors (Lipinski definition) is 2. The van der Waals surface area contributed by atoms with Crippen LogP contribution in [-0.4, -0.2) is 50.2 Å². The maximum absolute atomic E-state index is 3.68. The second-order valence-corrected chi connectivity index (χ2v) is 4.19. The summed E-state index contributed by atoms with van der Waals surface area (Å²) in [5.41, 5.74) is 0.443. The zero-order valence-corrected chi connectivity index (χ0v) is 7.90. The van der Waals surface area contributed by atoms with Gasteiger partial charge in [-0.1, -0.05) is 7.43 Å². The van der Waals surface area contributed by atoms with Gasteiger partial charge in [0.2, 0.25) is 0 Å². The Kier molecular flexibility index (Phi) is 3.71. The van der Waals surface area contributed by atoms with Crippen molar-refractivity contribution in [2.75, 3.05) is 39.8 Å². The number of hydrogen-bond acceptors (Lipinski definition) is 3. The zero-order chi connectivity index (χ0) is 8.44. The summed E-state index contributed by atoms with van der Waals surface area (Å²) >= 11 is 0. The van der Waals surface area contributed by atoms with Gasteiger partial charge in [0, 0.05) is 25.2 Å². The Bertz CT molecular complexity index is 147. The number of piperidine rings is 1. The summed E-state index contributed by atoms with van der Waals surface area (Å²) in [5.74, 6) is 0. The van der Waals surface area contributed by atoms with Gasteiger partial charge in [-0.25, -0.2) is 0 Å². The van der Waals surface area contributed by atoms with Crippen LogP contribution < -0.4 is 10.6 Å². The highest BCUT2D eigenvalue weighted by Gasteiger charge is 2.34. The number of nitrogens with one attached hydrogen (secondary N) is 2. The molecule has 2 rings (SSSR count). The summed E-state index contributed by atoms with van der Waals surface area (Å²) < 4.78 is 0. The Labute approximate surface area is 81.9 Å². The SMILES string of the molecule is C.CN1CCNC2(CCNCC2)C1. The maximum Gasteiger partial charge on any atom is 0.0333 e. The summed E-state index contributed by atoms with van der Waals surface area (Å²) in [4.78, 5) is 2.45. The van der Waals surface area contributed by atoms with Gasteiger partial charge in [-0.2, -0.15) is 0 Å². The molecule has 2 saturated heterocycles. The van der Waals surface area contributed by atoms with Crippen LogP contribution in [-0.2, 0) is 0 Å². The zero-order valence-electron chi connectivity index (χ0n) is 7.90. The first kappa shape index (κ1) is 11.0. The van der Waals surface area contributed by atoms with E-state index in [4.69, 9.17) is 0 Å². The van der Waals surface area contributed by atoms with Crippen molar-refractivity contribution in [2.24, 2.45) is 0 Å². The van der Waals surface area contributed by atoms with Crippen LogP contribution in [0.3, 0.4) is 0 Å². The number of rotatable bonds is 0. The van der Waals surface area contributed by atoms with Gasteiger partial charge in [0.05, 0.1) is 0 Å². The molecule has 0 aliphatic carbocycles. The summed E-state index contributed by atoms with van der Waals surface area (Å²) in [5, 5.41) is 7.10. The normalized spacial score (nSPS) is 28.4. The molecule has 0 radical (unpaired) electrons. The van der Waals surface area contributed by atoms with E-state index in [0.29, 0.717) is 5.54 Å². The van der Waals surface area contributed by atoms with Gasteiger partial charge in [-0.05, 0) is 33.0 Å². The Morgan fingerprint density at radius 2 is 1.85 bits per heavy atom. The molecule has 13 heavy (non-hydrogen) atoms. The largest absolute Gasteiger partial charge is 0.317 e. The highest BCUT2D eigenvalue weighted by molar-refractivity contribution is 4.97. The third-order valence-corrected chi connectivity index (χ3v) is 3.13. The Hall–Kier alpha value is -0.120. The molecule has 0 aromatic rings. The molecule has 3 heteroatoms. The van der Waals surface area contributed by atoms with Gasteiger partial charge in [0.15, 0.2) is 0 Å². The molecule has 0 saturated carbocycles. The van der Waals surface area contributed by atoms with Crippen LogP contribution in [0.25, 0.3) is 0 Å². The van der Waals surface area contributed by atoms with Crippen LogP contribution in [0.15, 0.2) is 0 Å². The van der Waals surface area contributed by atoms with Crippen molar-refractivity contribution in [2.45, 2.75) is 25.8 Å². The predicted octanol–water partition coefficient (Wildman–Crippen LogP) is 0.280. The fourth-order valence-electron chi connectivity index (χ4n) is 2.40. The summed E-state index contributed by atoms with van der Waals surface area (Å²) in [6.45, 7) is 5.96. The molecule has 0 aromatic carbocycles. The van der Waals surface area contributed by atoms with E-state index in [0.717, 1.165) is 6.54 Å². The highest BCUT2D eigenvalue weighted by atomic mass is 15.2. The van der Waals surface area contributed by atoms with Gasteiger partial charge < -0.3 is 15.5 Å². The second kappa shape index (κ2) is 4.40. The topological polar surface area (TPSA) is 27.3 Å². The molecule has 2 N–H and O–H groups in total. The van der Waals surface area contributed by atoms with E-state index in [1.54, 1.807) is 0 Å². The van der Waals surface area contributed by atoms with E-state index in [9.17, 15) is 0 Å². The number of likely N-dealkylation sites (N-methyl/N-ethyl adjacent to an activating group) is 1. The lowest BCUT2D eigenvalue weighted by atomic mass is 9.86. The minimum atomic E-state index is 0. The molecule has 0 bridgehead atoms. The van der Waals surface area contributed by atoms with Crippen molar-refractivity contribution in [3.8, 4) is 0 Å². The van der Waals surface area contributed by atoms with Gasteiger partial charge in [0.1, 0.15) is 0 Å². The standard InChI is InChI=1S/C9H19N3.CH4/c1-12-7-6-11-9(8-12)2-4-10-5-3-9;/h10-11H,2-8H2,1H3;1H4. The van der Waals surface area contributed by atoms with Crippen molar-refractivity contribution in [3.05, 3.63) is 0 Å². The van der Waals surface area contributed by atoms with E-state index in [2.05, 4.69) is 22.6 Å². The van der Waals surface area contributed by atoms with Crippen LogP contribution in [0.4, 0.5) is 0 Å². The molecular formula is C10H23N3. The third-order valence-electron chi connectivity index (χ3n) is 3.13.